The van der Waals surface area contributed by atoms with Crippen LogP contribution in [0.3, 0.4) is 0 Å². The Bertz CT molecular complexity index is 1610. The SMILES string of the molecule is C[C@H](c1nc2ccccc2c(=O)n1-c1ccc(F)cc1)N(CCc1ccc(C(F)(F)F)cc1)Cc1ncc[nH]1. The van der Waals surface area contributed by atoms with E-state index in [2.05, 4.69) is 9.97 Å². The molecule has 0 saturated heterocycles. The smallest absolute Gasteiger partial charge is 0.348 e. The van der Waals surface area contributed by atoms with Crippen LogP contribution in [-0.2, 0) is 19.1 Å². The zero-order chi connectivity index (χ0) is 27.6. The van der Waals surface area contributed by atoms with Crippen molar-refractivity contribution in [1.82, 2.24) is 24.4 Å². The molecule has 0 bridgehead atoms. The van der Waals surface area contributed by atoms with Crippen molar-refractivity contribution in [3.8, 4) is 5.69 Å². The van der Waals surface area contributed by atoms with Gasteiger partial charge in [0, 0.05) is 18.9 Å². The second-order valence-electron chi connectivity index (χ2n) is 9.23. The summed E-state index contributed by atoms with van der Waals surface area (Å²) in [6.07, 6.45) is -0.602. The number of halogens is 4. The largest absolute Gasteiger partial charge is 0.416 e. The van der Waals surface area contributed by atoms with Gasteiger partial charge in [-0.2, -0.15) is 13.2 Å². The van der Waals surface area contributed by atoms with Crippen molar-refractivity contribution in [3.63, 3.8) is 0 Å². The maximum absolute atomic E-state index is 13.7. The summed E-state index contributed by atoms with van der Waals surface area (Å²) in [5, 5.41) is 0.431. The van der Waals surface area contributed by atoms with Gasteiger partial charge in [0.25, 0.3) is 5.56 Å². The van der Waals surface area contributed by atoms with Crippen LogP contribution in [0.15, 0.2) is 90.0 Å². The highest BCUT2D eigenvalue weighted by Crippen LogP contribution is 2.29. The fraction of sp³-hybridized carbons (Fsp3) is 0.207. The van der Waals surface area contributed by atoms with Crippen molar-refractivity contribution >= 4 is 10.9 Å². The van der Waals surface area contributed by atoms with Crippen molar-refractivity contribution < 1.29 is 17.6 Å². The van der Waals surface area contributed by atoms with Gasteiger partial charge in [0.15, 0.2) is 0 Å². The number of aromatic amines is 1. The molecule has 0 aliphatic heterocycles. The molecule has 2 aromatic heterocycles. The van der Waals surface area contributed by atoms with Crippen LogP contribution in [0, 0.1) is 5.82 Å². The second-order valence-corrected chi connectivity index (χ2v) is 9.23. The Kier molecular flexibility index (Phi) is 7.30. The van der Waals surface area contributed by atoms with E-state index in [-0.39, 0.29) is 5.56 Å². The van der Waals surface area contributed by atoms with Crippen LogP contribution in [0.25, 0.3) is 16.6 Å². The van der Waals surface area contributed by atoms with E-state index in [4.69, 9.17) is 4.98 Å². The summed E-state index contributed by atoms with van der Waals surface area (Å²) in [5.74, 6) is 0.709. The lowest BCUT2D eigenvalue weighted by Gasteiger charge is -2.30. The summed E-state index contributed by atoms with van der Waals surface area (Å²) >= 11 is 0. The van der Waals surface area contributed by atoms with E-state index in [0.29, 0.717) is 47.7 Å². The summed E-state index contributed by atoms with van der Waals surface area (Å²) in [7, 11) is 0. The molecule has 0 saturated carbocycles. The van der Waals surface area contributed by atoms with E-state index in [9.17, 15) is 22.4 Å². The van der Waals surface area contributed by atoms with E-state index >= 15 is 0 Å². The molecule has 1 atom stereocenters. The molecule has 5 aromatic rings. The van der Waals surface area contributed by atoms with Crippen LogP contribution in [0.1, 0.15) is 35.7 Å². The number of imidazole rings is 1. The molecule has 200 valence electrons. The number of benzene rings is 3. The normalized spacial score (nSPS) is 12.8. The quantitative estimate of drug-likeness (QED) is 0.245. The number of hydrogen-bond donors (Lipinski definition) is 1. The van der Waals surface area contributed by atoms with Gasteiger partial charge in [-0.3, -0.25) is 14.3 Å². The van der Waals surface area contributed by atoms with Crippen molar-refractivity contribution in [3.05, 3.63) is 124 Å². The van der Waals surface area contributed by atoms with E-state index in [1.54, 1.807) is 36.7 Å². The van der Waals surface area contributed by atoms with Gasteiger partial charge in [-0.05, 0) is 67.4 Å². The third-order valence-corrected chi connectivity index (χ3v) is 6.68. The van der Waals surface area contributed by atoms with Crippen LogP contribution in [0.5, 0.6) is 0 Å². The number of rotatable bonds is 8. The van der Waals surface area contributed by atoms with Crippen LogP contribution in [0.2, 0.25) is 0 Å². The van der Waals surface area contributed by atoms with Gasteiger partial charge < -0.3 is 4.98 Å². The second kappa shape index (κ2) is 10.8. The van der Waals surface area contributed by atoms with Gasteiger partial charge in [0.1, 0.15) is 17.5 Å². The first-order valence-electron chi connectivity index (χ1n) is 12.4. The van der Waals surface area contributed by atoms with Crippen LogP contribution in [-0.4, -0.2) is 31.0 Å². The highest BCUT2D eigenvalue weighted by atomic mass is 19.4. The molecule has 1 N–H and O–H groups in total. The Balaban J connectivity index is 1.54. The average Bonchev–Trinajstić information content (AvgIpc) is 3.44. The predicted molar refractivity (Wildman–Crippen MR) is 140 cm³/mol. The van der Waals surface area contributed by atoms with Crippen molar-refractivity contribution in [2.75, 3.05) is 6.54 Å². The zero-order valence-corrected chi connectivity index (χ0v) is 21.0. The zero-order valence-electron chi connectivity index (χ0n) is 21.0. The van der Waals surface area contributed by atoms with Crippen LogP contribution < -0.4 is 5.56 Å². The predicted octanol–water partition coefficient (Wildman–Crippen LogP) is 6.07. The Hall–Kier alpha value is -4.31. The van der Waals surface area contributed by atoms with Crippen molar-refractivity contribution in [2.45, 2.75) is 32.1 Å². The average molecular weight is 536 g/mol. The third kappa shape index (κ3) is 5.75. The molecule has 6 nitrogen and oxygen atoms in total. The summed E-state index contributed by atoms with van der Waals surface area (Å²) in [4.78, 5) is 28.0. The number of alkyl halides is 3. The number of hydrogen-bond acceptors (Lipinski definition) is 4. The van der Waals surface area contributed by atoms with E-state index < -0.39 is 23.6 Å². The number of H-pyrrole nitrogens is 1. The molecule has 0 aliphatic carbocycles. The molecular formula is C29H25F4N5O. The van der Waals surface area contributed by atoms with Crippen LogP contribution in [0.4, 0.5) is 17.6 Å². The van der Waals surface area contributed by atoms with Gasteiger partial charge in [0.05, 0.1) is 34.7 Å². The van der Waals surface area contributed by atoms with Gasteiger partial charge >= 0.3 is 6.18 Å². The molecule has 2 heterocycles. The van der Waals surface area contributed by atoms with E-state index in [1.807, 2.05) is 11.8 Å². The standard InChI is InChI=1S/C29H25F4N5O/c1-19(27-36-25-5-3-2-4-24(25)28(39)38(27)23-12-10-22(30)11-13-23)37(18-26-34-15-16-35-26)17-14-20-6-8-21(9-7-20)29(31,32)33/h2-13,15-16,19H,14,17-18H2,1H3,(H,34,35)/t19-/m1/s1. The Labute approximate surface area is 221 Å². The number of nitrogens with zero attached hydrogens (tertiary/aromatic N) is 4. The molecular weight excluding hydrogens is 510 g/mol. The molecule has 0 spiro atoms. The number of para-hydroxylation sites is 1. The molecule has 10 heteroatoms. The van der Waals surface area contributed by atoms with E-state index in [0.717, 1.165) is 17.7 Å². The molecule has 5 rings (SSSR count). The third-order valence-electron chi connectivity index (χ3n) is 6.68. The highest BCUT2D eigenvalue weighted by Gasteiger charge is 2.30. The summed E-state index contributed by atoms with van der Waals surface area (Å²) < 4.78 is 54.2. The Morgan fingerprint density at radius 2 is 1.72 bits per heavy atom. The number of fused-ring (bicyclic) bond motifs is 1. The van der Waals surface area contributed by atoms with Crippen molar-refractivity contribution in [1.29, 1.82) is 0 Å². The lowest BCUT2D eigenvalue weighted by atomic mass is 10.1. The molecule has 0 aliphatic rings. The molecule has 0 amide bonds. The molecule has 0 fully saturated rings. The summed E-state index contributed by atoms with van der Waals surface area (Å²) in [6, 6.07) is 17.3. The van der Waals surface area contributed by atoms with Gasteiger partial charge in [-0.15, -0.1) is 0 Å². The maximum Gasteiger partial charge on any atom is 0.416 e. The minimum Gasteiger partial charge on any atom is -0.348 e. The van der Waals surface area contributed by atoms with Gasteiger partial charge in [-0.25, -0.2) is 14.4 Å². The minimum absolute atomic E-state index is 0.283. The first-order valence-corrected chi connectivity index (χ1v) is 12.4. The number of nitrogens with one attached hydrogen (secondary N) is 1. The summed E-state index contributed by atoms with van der Waals surface area (Å²) in [6.45, 7) is 2.73. The fourth-order valence-corrected chi connectivity index (χ4v) is 4.55. The molecule has 39 heavy (non-hydrogen) atoms. The molecule has 0 unspecified atom stereocenters. The monoisotopic (exact) mass is 535 g/mol. The molecule has 0 radical (unpaired) electrons. The van der Waals surface area contributed by atoms with Gasteiger partial charge in [-0.1, -0.05) is 24.3 Å². The Morgan fingerprint density at radius 1 is 1.00 bits per heavy atom. The Morgan fingerprint density at radius 3 is 2.38 bits per heavy atom. The first kappa shape index (κ1) is 26.3. The van der Waals surface area contributed by atoms with E-state index in [1.165, 1.54) is 41.0 Å². The van der Waals surface area contributed by atoms with Crippen molar-refractivity contribution in [2.24, 2.45) is 0 Å². The first-order chi connectivity index (χ1) is 18.7. The highest BCUT2D eigenvalue weighted by molar-refractivity contribution is 5.77. The van der Waals surface area contributed by atoms with Gasteiger partial charge in [0.2, 0.25) is 0 Å². The fourth-order valence-electron chi connectivity index (χ4n) is 4.55. The molecule has 3 aromatic carbocycles. The minimum atomic E-state index is -4.40. The number of aromatic nitrogens is 4. The summed E-state index contributed by atoms with van der Waals surface area (Å²) in [5.41, 5.74) is 0.762. The topological polar surface area (TPSA) is 66.8 Å². The van der Waals surface area contributed by atoms with Crippen LogP contribution >= 0.6 is 0 Å². The lowest BCUT2D eigenvalue weighted by Crippen LogP contribution is -2.34. The lowest BCUT2D eigenvalue weighted by molar-refractivity contribution is -0.137. The maximum atomic E-state index is 13.7.